The van der Waals surface area contributed by atoms with E-state index >= 15 is 0 Å². The van der Waals surface area contributed by atoms with E-state index in [1.807, 2.05) is 6.07 Å². The van der Waals surface area contributed by atoms with E-state index in [-0.39, 0.29) is 0 Å². The summed E-state index contributed by atoms with van der Waals surface area (Å²) in [6.45, 7) is 8.45. The number of rotatable bonds is 2. The summed E-state index contributed by atoms with van der Waals surface area (Å²) in [5.74, 6) is 0. The molecule has 0 saturated carbocycles. The lowest BCUT2D eigenvalue weighted by molar-refractivity contribution is 0.764. The van der Waals surface area contributed by atoms with E-state index in [4.69, 9.17) is 10.2 Å². The largest absolute Gasteiger partial charge is 0.150 e. The number of hydrogen-bond donors (Lipinski definition) is 0. The molecule has 0 saturated heterocycles. The molecule has 3 aromatic carbocycles. The number of fused-ring (bicyclic) bond motifs is 1. The zero-order chi connectivity index (χ0) is 17.6. The summed E-state index contributed by atoms with van der Waals surface area (Å²) in [6.07, 6.45) is 0. The normalized spacial score (nSPS) is 11.2. The molecule has 0 bridgehead atoms. The van der Waals surface area contributed by atoms with E-state index in [9.17, 15) is 0 Å². The van der Waals surface area contributed by atoms with E-state index < -0.39 is 0 Å². The van der Waals surface area contributed by atoms with Crippen LogP contribution in [0.25, 0.3) is 27.8 Å². The van der Waals surface area contributed by atoms with Crippen molar-refractivity contribution < 1.29 is 0 Å². The predicted octanol–water partition coefficient (Wildman–Crippen LogP) is 5.32. The van der Waals surface area contributed by atoms with Gasteiger partial charge in [-0.25, -0.2) is 0 Å². The first-order valence-electron chi connectivity index (χ1n) is 8.53. The molecule has 0 N–H and O–H groups in total. The summed E-state index contributed by atoms with van der Waals surface area (Å²) in [7, 11) is 0. The summed E-state index contributed by atoms with van der Waals surface area (Å²) in [4.78, 5) is 1.75. The third-order valence-electron chi connectivity index (χ3n) is 4.38. The van der Waals surface area contributed by atoms with Gasteiger partial charge in [-0.3, -0.25) is 0 Å². The third-order valence-corrected chi connectivity index (χ3v) is 4.38. The van der Waals surface area contributed by atoms with E-state index in [1.165, 1.54) is 27.8 Å². The smallest absolute Gasteiger partial charge is 0.121 e. The molecule has 4 aromatic rings. The summed E-state index contributed by atoms with van der Waals surface area (Å²) >= 11 is 0. The first-order valence-corrected chi connectivity index (χ1v) is 8.53. The minimum atomic E-state index is 0.913. The molecule has 124 valence electrons. The van der Waals surface area contributed by atoms with Crippen LogP contribution in [0.1, 0.15) is 22.3 Å². The Balaban J connectivity index is 1.92. The Morgan fingerprint density at radius 2 is 1.28 bits per heavy atom. The maximum Gasteiger partial charge on any atom is 0.121 e. The van der Waals surface area contributed by atoms with Gasteiger partial charge in [0.2, 0.25) is 0 Å². The van der Waals surface area contributed by atoms with Crippen LogP contribution in [0.3, 0.4) is 0 Å². The minimum absolute atomic E-state index is 0.913. The predicted molar refractivity (Wildman–Crippen MR) is 103 cm³/mol. The molecule has 25 heavy (non-hydrogen) atoms. The van der Waals surface area contributed by atoms with Gasteiger partial charge in [0.25, 0.3) is 0 Å². The highest BCUT2D eigenvalue weighted by Crippen LogP contribution is 2.28. The van der Waals surface area contributed by atoms with Crippen LogP contribution >= 0.6 is 0 Å². The average molecular weight is 327 g/mol. The fourth-order valence-electron chi connectivity index (χ4n) is 3.48. The number of nitrogens with zero attached hydrogens (tertiary/aromatic N) is 3. The lowest BCUT2D eigenvalue weighted by Crippen LogP contribution is -1.99. The van der Waals surface area contributed by atoms with Crippen molar-refractivity contribution in [2.45, 2.75) is 27.7 Å². The Morgan fingerprint density at radius 3 is 1.92 bits per heavy atom. The molecule has 0 fully saturated rings. The molecule has 0 aliphatic heterocycles. The van der Waals surface area contributed by atoms with Gasteiger partial charge in [0.15, 0.2) is 0 Å². The molecule has 0 spiro atoms. The fourth-order valence-corrected chi connectivity index (χ4v) is 3.48. The molecule has 1 heterocycles. The van der Waals surface area contributed by atoms with Crippen molar-refractivity contribution >= 4 is 11.0 Å². The summed E-state index contributed by atoms with van der Waals surface area (Å²) < 4.78 is 0. The molecule has 3 nitrogen and oxygen atoms in total. The Kier molecular flexibility index (Phi) is 3.65. The molecule has 0 unspecified atom stereocenters. The lowest BCUT2D eigenvalue weighted by atomic mass is 10.00. The second-order valence-electron chi connectivity index (χ2n) is 6.89. The van der Waals surface area contributed by atoms with Gasteiger partial charge < -0.3 is 0 Å². The molecule has 4 rings (SSSR count). The molecule has 0 amide bonds. The van der Waals surface area contributed by atoms with Crippen molar-refractivity contribution in [1.29, 1.82) is 0 Å². The van der Waals surface area contributed by atoms with Gasteiger partial charge in [0.05, 0.1) is 5.69 Å². The second kappa shape index (κ2) is 5.85. The standard InChI is InChI=1S/C22H21N3/c1-14-8-15(2)11-18(10-14)20-6-5-7-21-22(20)24-25(23-21)19-12-16(3)9-17(4)13-19/h5-13H,1-4H3. The van der Waals surface area contributed by atoms with E-state index in [0.29, 0.717) is 0 Å². The van der Waals surface area contributed by atoms with Gasteiger partial charge in [-0.05, 0) is 62.6 Å². The molecule has 3 heteroatoms. The van der Waals surface area contributed by atoms with Crippen LogP contribution in [0.5, 0.6) is 0 Å². The highest BCUT2D eigenvalue weighted by molar-refractivity contribution is 5.91. The summed E-state index contributed by atoms with van der Waals surface area (Å²) in [6, 6.07) is 19.2. The molecule has 0 radical (unpaired) electrons. The highest BCUT2D eigenvalue weighted by atomic mass is 15.5. The molecule has 0 aliphatic carbocycles. The Bertz CT molecular complexity index is 1050. The Morgan fingerprint density at radius 1 is 0.680 bits per heavy atom. The van der Waals surface area contributed by atoms with E-state index in [1.54, 1.807) is 4.80 Å². The van der Waals surface area contributed by atoms with Gasteiger partial charge in [0.1, 0.15) is 11.0 Å². The lowest BCUT2D eigenvalue weighted by Gasteiger charge is -2.05. The van der Waals surface area contributed by atoms with Crippen molar-refractivity contribution in [1.82, 2.24) is 15.0 Å². The van der Waals surface area contributed by atoms with Crippen molar-refractivity contribution in [3.63, 3.8) is 0 Å². The number of benzene rings is 3. The Labute approximate surface area is 147 Å². The maximum atomic E-state index is 4.81. The topological polar surface area (TPSA) is 30.7 Å². The minimum Gasteiger partial charge on any atom is -0.150 e. The van der Waals surface area contributed by atoms with Gasteiger partial charge in [-0.1, -0.05) is 47.5 Å². The quantitative estimate of drug-likeness (QED) is 0.499. The summed E-state index contributed by atoms with van der Waals surface area (Å²) in [5.41, 5.74) is 10.1. The van der Waals surface area contributed by atoms with Crippen LogP contribution in [-0.2, 0) is 0 Å². The van der Waals surface area contributed by atoms with Crippen molar-refractivity contribution in [2.24, 2.45) is 0 Å². The van der Waals surface area contributed by atoms with Gasteiger partial charge in [-0.2, -0.15) is 4.80 Å². The fraction of sp³-hybridized carbons (Fsp3) is 0.182. The van der Waals surface area contributed by atoms with Crippen molar-refractivity contribution in [2.75, 3.05) is 0 Å². The first-order chi connectivity index (χ1) is 12.0. The van der Waals surface area contributed by atoms with Crippen LogP contribution < -0.4 is 0 Å². The van der Waals surface area contributed by atoms with Crippen LogP contribution in [0, 0.1) is 27.7 Å². The molecule has 1 aromatic heterocycles. The SMILES string of the molecule is Cc1cc(C)cc(-c2cccc3nn(-c4cc(C)cc(C)c4)nc23)c1. The van der Waals surface area contributed by atoms with Gasteiger partial charge in [-0.15, -0.1) is 10.2 Å². The second-order valence-corrected chi connectivity index (χ2v) is 6.89. The molecular weight excluding hydrogens is 306 g/mol. The van der Waals surface area contributed by atoms with Crippen molar-refractivity contribution in [3.8, 4) is 16.8 Å². The van der Waals surface area contributed by atoms with Gasteiger partial charge in [0, 0.05) is 5.56 Å². The van der Waals surface area contributed by atoms with E-state index in [0.717, 1.165) is 22.3 Å². The van der Waals surface area contributed by atoms with Crippen LogP contribution in [0.2, 0.25) is 0 Å². The van der Waals surface area contributed by atoms with Crippen molar-refractivity contribution in [3.05, 3.63) is 76.9 Å². The zero-order valence-electron chi connectivity index (χ0n) is 15.0. The van der Waals surface area contributed by atoms with E-state index in [2.05, 4.69) is 76.2 Å². The monoisotopic (exact) mass is 327 g/mol. The third kappa shape index (κ3) is 2.93. The van der Waals surface area contributed by atoms with Crippen LogP contribution in [0.4, 0.5) is 0 Å². The van der Waals surface area contributed by atoms with Crippen LogP contribution in [-0.4, -0.2) is 15.0 Å². The zero-order valence-corrected chi connectivity index (χ0v) is 15.0. The number of hydrogen-bond acceptors (Lipinski definition) is 2. The molecule has 0 atom stereocenters. The number of aromatic nitrogens is 3. The average Bonchev–Trinajstić information content (AvgIpc) is 2.97. The van der Waals surface area contributed by atoms with Gasteiger partial charge >= 0.3 is 0 Å². The summed E-state index contributed by atoms with van der Waals surface area (Å²) in [5, 5.41) is 9.51. The number of aryl methyl sites for hydroxylation is 4. The highest BCUT2D eigenvalue weighted by Gasteiger charge is 2.11. The maximum absolute atomic E-state index is 4.81. The Hall–Kier alpha value is -2.94. The molecule has 0 aliphatic rings. The first kappa shape index (κ1) is 15.6. The van der Waals surface area contributed by atoms with Crippen LogP contribution in [0.15, 0.2) is 54.6 Å². The molecular formula is C22H21N3.